The molecule has 0 rings (SSSR count). The largest absolute Gasteiger partial charge is 0.463 e. The maximum Gasteiger partial charge on any atom is 0.330 e. The predicted octanol–water partition coefficient (Wildman–Crippen LogP) is 6.01. The van der Waals surface area contributed by atoms with Crippen LogP contribution in [0.1, 0.15) is 89.9 Å². The van der Waals surface area contributed by atoms with Gasteiger partial charge in [0, 0.05) is 6.08 Å². The Morgan fingerprint density at radius 3 is 1.48 bits per heavy atom. The first-order valence-electron chi connectivity index (χ1n) is 8.89. The molecule has 21 heavy (non-hydrogen) atoms. The molecule has 0 saturated carbocycles. The number of carbonyl (C=O) groups is 1. The van der Waals surface area contributed by atoms with Crippen LogP contribution in [0.15, 0.2) is 12.7 Å². The standard InChI is InChI=1S/C19H35O2/c1-3-5-6-7-8-9-10-11-12-13-14-15-16-17-18-21-19(20)4-2/h4H,1-3,5-18H2. The molecule has 0 aliphatic carbocycles. The molecule has 0 spiro atoms. The van der Waals surface area contributed by atoms with Gasteiger partial charge in [-0.25, -0.2) is 4.79 Å². The summed E-state index contributed by atoms with van der Waals surface area (Å²) in [5.41, 5.74) is 0. The number of hydrogen-bond acceptors (Lipinski definition) is 2. The second-order valence-corrected chi connectivity index (χ2v) is 5.82. The molecule has 0 aromatic carbocycles. The van der Waals surface area contributed by atoms with Crippen molar-refractivity contribution in [2.45, 2.75) is 89.9 Å². The van der Waals surface area contributed by atoms with Gasteiger partial charge >= 0.3 is 5.97 Å². The number of carbonyl (C=O) groups excluding carboxylic acids is 1. The second kappa shape index (κ2) is 17.3. The summed E-state index contributed by atoms with van der Waals surface area (Å²) in [5.74, 6) is -0.304. The number of esters is 1. The molecule has 0 aromatic heterocycles. The van der Waals surface area contributed by atoms with Gasteiger partial charge in [0.2, 0.25) is 0 Å². The Bertz CT molecular complexity index is 236. The van der Waals surface area contributed by atoms with Crippen LogP contribution in [-0.4, -0.2) is 12.6 Å². The van der Waals surface area contributed by atoms with Crippen LogP contribution in [0.2, 0.25) is 0 Å². The predicted molar refractivity (Wildman–Crippen MR) is 91.2 cm³/mol. The fourth-order valence-electron chi connectivity index (χ4n) is 2.46. The Balaban J connectivity index is 2.99. The van der Waals surface area contributed by atoms with Gasteiger partial charge in [-0.3, -0.25) is 0 Å². The van der Waals surface area contributed by atoms with Gasteiger partial charge in [0.05, 0.1) is 6.61 Å². The summed E-state index contributed by atoms with van der Waals surface area (Å²) in [6, 6.07) is 0. The quantitative estimate of drug-likeness (QED) is 0.198. The fourth-order valence-corrected chi connectivity index (χ4v) is 2.46. The van der Waals surface area contributed by atoms with E-state index in [1.165, 1.54) is 76.7 Å². The van der Waals surface area contributed by atoms with E-state index in [-0.39, 0.29) is 5.97 Å². The van der Waals surface area contributed by atoms with Gasteiger partial charge in [0.15, 0.2) is 0 Å². The van der Waals surface area contributed by atoms with Crippen molar-refractivity contribution in [2.75, 3.05) is 6.61 Å². The van der Waals surface area contributed by atoms with E-state index in [2.05, 4.69) is 13.5 Å². The van der Waals surface area contributed by atoms with Gasteiger partial charge in [-0.1, -0.05) is 97.0 Å². The number of ether oxygens (including phenoxy) is 1. The highest BCUT2D eigenvalue weighted by Crippen LogP contribution is 2.12. The molecule has 0 aliphatic rings. The molecule has 0 saturated heterocycles. The molecule has 0 N–H and O–H groups in total. The minimum Gasteiger partial charge on any atom is -0.463 e. The topological polar surface area (TPSA) is 26.3 Å². The SMILES string of the molecule is [CH2]CCCCCCCCCCCCCCCOC(=O)C=C. The third-order valence-electron chi connectivity index (χ3n) is 3.81. The molecule has 2 heteroatoms. The normalized spacial score (nSPS) is 10.5. The zero-order chi connectivity index (χ0) is 15.6. The number of rotatable bonds is 16. The Hall–Kier alpha value is -0.790. The molecule has 0 aromatic rings. The molecule has 0 heterocycles. The lowest BCUT2D eigenvalue weighted by molar-refractivity contribution is -0.137. The van der Waals surface area contributed by atoms with Crippen LogP contribution >= 0.6 is 0 Å². The smallest absolute Gasteiger partial charge is 0.330 e. The first-order chi connectivity index (χ1) is 10.3. The summed E-state index contributed by atoms with van der Waals surface area (Å²) in [7, 11) is 0. The summed E-state index contributed by atoms with van der Waals surface area (Å²) in [5, 5.41) is 0. The van der Waals surface area contributed by atoms with Gasteiger partial charge in [-0.15, -0.1) is 0 Å². The van der Waals surface area contributed by atoms with Gasteiger partial charge in [-0.05, 0) is 6.42 Å². The van der Waals surface area contributed by atoms with Crippen molar-refractivity contribution in [1.29, 1.82) is 0 Å². The van der Waals surface area contributed by atoms with Gasteiger partial charge in [-0.2, -0.15) is 0 Å². The first kappa shape index (κ1) is 20.2. The molecule has 0 atom stereocenters. The zero-order valence-corrected chi connectivity index (χ0v) is 13.9. The van der Waals surface area contributed by atoms with Crippen molar-refractivity contribution in [3.8, 4) is 0 Å². The summed E-state index contributed by atoms with van der Waals surface area (Å²) in [4.78, 5) is 10.8. The van der Waals surface area contributed by atoms with Crippen LogP contribution in [0.3, 0.4) is 0 Å². The van der Waals surface area contributed by atoms with E-state index in [0.717, 1.165) is 19.3 Å². The highest BCUT2D eigenvalue weighted by Gasteiger charge is 1.96. The summed E-state index contributed by atoms with van der Waals surface area (Å²) < 4.78 is 4.94. The van der Waals surface area contributed by atoms with E-state index in [1.807, 2.05) is 0 Å². The third-order valence-corrected chi connectivity index (χ3v) is 3.81. The molecule has 123 valence electrons. The summed E-state index contributed by atoms with van der Waals surface area (Å²) in [6.07, 6.45) is 19.4. The minimum atomic E-state index is -0.304. The fraction of sp³-hybridized carbons (Fsp3) is 0.789. The van der Waals surface area contributed by atoms with E-state index in [0.29, 0.717) is 6.61 Å². The van der Waals surface area contributed by atoms with E-state index in [1.54, 1.807) is 0 Å². The van der Waals surface area contributed by atoms with Crippen LogP contribution in [0.25, 0.3) is 0 Å². The third kappa shape index (κ3) is 17.2. The lowest BCUT2D eigenvalue weighted by atomic mass is 10.0. The molecular formula is C19H35O2. The minimum absolute atomic E-state index is 0.304. The highest BCUT2D eigenvalue weighted by atomic mass is 16.5. The van der Waals surface area contributed by atoms with Gasteiger partial charge < -0.3 is 4.74 Å². The molecule has 0 bridgehead atoms. The van der Waals surface area contributed by atoms with Crippen molar-refractivity contribution < 1.29 is 9.53 Å². The van der Waals surface area contributed by atoms with E-state index in [9.17, 15) is 4.79 Å². The van der Waals surface area contributed by atoms with Crippen LogP contribution in [0.4, 0.5) is 0 Å². The lowest BCUT2D eigenvalue weighted by Gasteiger charge is -2.03. The molecule has 1 radical (unpaired) electrons. The van der Waals surface area contributed by atoms with Crippen LogP contribution < -0.4 is 0 Å². The first-order valence-corrected chi connectivity index (χ1v) is 8.89. The van der Waals surface area contributed by atoms with Crippen LogP contribution in [0.5, 0.6) is 0 Å². The Labute approximate surface area is 132 Å². The average Bonchev–Trinajstić information content (AvgIpc) is 2.50. The van der Waals surface area contributed by atoms with Crippen molar-refractivity contribution in [1.82, 2.24) is 0 Å². The second-order valence-electron chi connectivity index (χ2n) is 5.82. The average molecular weight is 295 g/mol. The van der Waals surface area contributed by atoms with E-state index < -0.39 is 0 Å². The Morgan fingerprint density at radius 2 is 1.10 bits per heavy atom. The van der Waals surface area contributed by atoms with Crippen molar-refractivity contribution in [3.05, 3.63) is 19.6 Å². The van der Waals surface area contributed by atoms with E-state index >= 15 is 0 Å². The molecule has 0 fully saturated rings. The maximum absolute atomic E-state index is 10.8. The van der Waals surface area contributed by atoms with Crippen molar-refractivity contribution in [3.63, 3.8) is 0 Å². The Morgan fingerprint density at radius 1 is 0.714 bits per heavy atom. The van der Waals surface area contributed by atoms with E-state index in [4.69, 9.17) is 4.74 Å². The monoisotopic (exact) mass is 295 g/mol. The summed E-state index contributed by atoms with van der Waals surface area (Å²) in [6.45, 7) is 7.78. The van der Waals surface area contributed by atoms with Gasteiger partial charge in [0.25, 0.3) is 0 Å². The number of unbranched alkanes of at least 4 members (excludes halogenated alkanes) is 13. The summed E-state index contributed by atoms with van der Waals surface area (Å²) >= 11 is 0. The van der Waals surface area contributed by atoms with Crippen molar-refractivity contribution >= 4 is 5.97 Å². The highest BCUT2D eigenvalue weighted by molar-refractivity contribution is 5.81. The Kier molecular flexibility index (Phi) is 16.6. The van der Waals surface area contributed by atoms with Crippen molar-refractivity contribution in [2.24, 2.45) is 0 Å². The molecule has 0 aliphatic heterocycles. The number of hydrogen-bond donors (Lipinski definition) is 0. The van der Waals surface area contributed by atoms with Crippen LogP contribution in [-0.2, 0) is 9.53 Å². The molecule has 0 amide bonds. The maximum atomic E-state index is 10.8. The van der Waals surface area contributed by atoms with Gasteiger partial charge in [0.1, 0.15) is 0 Å². The molecule has 2 nitrogen and oxygen atoms in total. The van der Waals surface area contributed by atoms with Crippen LogP contribution in [0, 0.1) is 6.92 Å². The molecule has 0 unspecified atom stereocenters. The molecular weight excluding hydrogens is 260 g/mol. The lowest BCUT2D eigenvalue weighted by Crippen LogP contribution is -2.01. The zero-order valence-electron chi connectivity index (χ0n) is 13.9.